The van der Waals surface area contributed by atoms with E-state index in [1.54, 1.807) is 11.8 Å². The van der Waals surface area contributed by atoms with Gasteiger partial charge in [0.25, 0.3) is 0 Å². The standard InChI is InChI=1S/C11H21NO2S/c1-2-8-5-3-4-6-10(8)15-7-9(12)11(13)14/h8-10H,2-7,12H2,1H3,(H,13,14). The summed E-state index contributed by atoms with van der Waals surface area (Å²) < 4.78 is 0. The van der Waals surface area contributed by atoms with Gasteiger partial charge in [0.15, 0.2) is 0 Å². The first-order valence-corrected chi connectivity index (χ1v) is 6.80. The van der Waals surface area contributed by atoms with Crippen LogP contribution < -0.4 is 5.73 Å². The molecule has 0 bridgehead atoms. The van der Waals surface area contributed by atoms with Gasteiger partial charge in [-0.25, -0.2) is 0 Å². The molecule has 1 aliphatic rings. The van der Waals surface area contributed by atoms with Crippen LogP contribution in [0.25, 0.3) is 0 Å². The van der Waals surface area contributed by atoms with Crippen LogP contribution in [0.2, 0.25) is 0 Å². The van der Waals surface area contributed by atoms with Crippen LogP contribution >= 0.6 is 11.8 Å². The molecule has 88 valence electrons. The SMILES string of the molecule is CCC1CCCCC1SCC(N)C(=O)O. The average Bonchev–Trinajstić information content (AvgIpc) is 2.26. The first-order chi connectivity index (χ1) is 7.15. The van der Waals surface area contributed by atoms with Crippen LogP contribution in [0.3, 0.4) is 0 Å². The Morgan fingerprint density at radius 2 is 2.20 bits per heavy atom. The van der Waals surface area contributed by atoms with Crippen molar-refractivity contribution in [3.8, 4) is 0 Å². The van der Waals surface area contributed by atoms with Crippen molar-refractivity contribution in [3.05, 3.63) is 0 Å². The Hall–Kier alpha value is -0.220. The fourth-order valence-corrected chi connectivity index (χ4v) is 3.69. The quantitative estimate of drug-likeness (QED) is 0.760. The van der Waals surface area contributed by atoms with E-state index in [1.807, 2.05) is 0 Å². The van der Waals surface area contributed by atoms with Gasteiger partial charge in [0.2, 0.25) is 0 Å². The molecule has 1 saturated carbocycles. The van der Waals surface area contributed by atoms with Crippen molar-refractivity contribution < 1.29 is 9.90 Å². The molecular formula is C11H21NO2S. The third-order valence-electron chi connectivity index (χ3n) is 3.17. The van der Waals surface area contributed by atoms with Gasteiger partial charge >= 0.3 is 5.97 Å². The van der Waals surface area contributed by atoms with Crippen molar-refractivity contribution in [1.29, 1.82) is 0 Å². The number of hydrogen-bond donors (Lipinski definition) is 2. The molecule has 3 unspecified atom stereocenters. The van der Waals surface area contributed by atoms with Gasteiger partial charge in [-0.15, -0.1) is 0 Å². The Bertz CT molecular complexity index is 211. The predicted octanol–water partition coefficient (Wildman–Crippen LogP) is 2.10. The molecule has 0 aromatic rings. The Kier molecular flexibility index (Phi) is 5.47. The molecule has 0 aromatic heterocycles. The molecule has 0 radical (unpaired) electrons. The third kappa shape index (κ3) is 4.03. The molecular weight excluding hydrogens is 210 g/mol. The summed E-state index contributed by atoms with van der Waals surface area (Å²) in [6, 6.07) is -0.700. The molecule has 3 N–H and O–H groups in total. The molecule has 3 atom stereocenters. The molecule has 1 fully saturated rings. The van der Waals surface area contributed by atoms with Gasteiger partial charge in [-0.05, 0) is 18.8 Å². The second-order valence-electron chi connectivity index (χ2n) is 4.27. The summed E-state index contributed by atoms with van der Waals surface area (Å²) in [5.41, 5.74) is 5.50. The van der Waals surface area contributed by atoms with E-state index in [0.29, 0.717) is 11.0 Å². The molecule has 15 heavy (non-hydrogen) atoms. The fourth-order valence-electron chi connectivity index (χ4n) is 2.16. The number of aliphatic carboxylic acids is 1. The van der Waals surface area contributed by atoms with Gasteiger partial charge < -0.3 is 10.8 Å². The molecule has 0 aromatic carbocycles. The maximum atomic E-state index is 10.6. The van der Waals surface area contributed by atoms with Gasteiger partial charge in [0, 0.05) is 11.0 Å². The average molecular weight is 231 g/mol. The minimum atomic E-state index is -0.883. The highest BCUT2D eigenvalue weighted by molar-refractivity contribution is 8.00. The Morgan fingerprint density at radius 1 is 1.53 bits per heavy atom. The van der Waals surface area contributed by atoms with Crippen molar-refractivity contribution >= 4 is 17.7 Å². The lowest BCUT2D eigenvalue weighted by atomic mass is 9.87. The molecule has 1 aliphatic carbocycles. The monoisotopic (exact) mass is 231 g/mol. The van der Waals surface area contributed by atoms with E-state index in [1.165, 1.54) is 32.1 Å². The van der Waals surface area contributed by atoms with Crippen molar-refractivity contribution in [2.45, 2.75) is 50.3 Å². The van der Waals surface area contributed by atoms with E-state index in [4.69, 9.17) is 10.8 Å². The minimum Gasteiger partial charge on any atom is -0.480 e. The summed E-state index contributed by atoms with van der Waals surface area (Å²) in [5.74, 6) is 0.437. The lowest BCUT2D eigenvalue weighted by Gasteiger charge is -2.30. The molecule has 4 heteroatoms. The van der Waals surface area contributed by atoms with Crippen molar-refractivity contribution in [3.63, 3.8) is 0 Å². The number of carboxylic acid groups (broad SMARTS) is 1. The first kappa shape index (κ1) is 12.8. The molecule has 3 nitrogen and oxygen atoms in total. The first-order valence-electron chi connectivity index (χ1n) is 5.75. The molecule has 0 heterocycles. The van der Waals surface area contributed by atoms with Crippen molar-refractivity contribution in [2.75, 3.05) is 5.75 Å². The summed E-state index contributed by atoms with van der Waals surface area (Å²) in [4.78, 5) is 10.6. The molecule has 0 aliphatic heterocycles. The highest BCUT2D eigenvalue weighted by Crippen LogP contribution is 2.35. The van der Waals surface area contributed by atoms with Crippen LogP contribution in [0, 0.1) is 5.92 Å². The Labute approximate surface area is 95.8 Å². The minimum absolute atomic E-state index is 0.552. The zero-order valence-electron chi connectivity index (χ0n) is 9.32. The largest absolute Gasteiger partial charge is 0.480 e. The summed E-state index contributed by atoms with van der Waals surface area (Å²) in [6.07, 6.45) is 6.36. The summed E-state index contributed by atoms with van der Waals surface area (Å²) in [7, 11) is 0. The van der Waals surface area contributed by atoms with Gasteiger partial charge in [-0.3, -0.25) is 4.79 Å². The van der Waals surface area contributed by atoms with E-state index in [0.717, 1.165) is 5.92 Å². The van der Waals surface area contributed by atoms with E-state index in [9.17, 15) is 4.79 Å². The highest BCUT2D eigenvalue weighted by atomic mass is 32.2. The van der Waals surface area contributed by atoms with E-state index >= 15 is 0 Å². The lowest BCUT2D eigenvalue weighted by Crippen LogP contribution is -2.34. The Morgan fingerprint density at radius 3 is 2.80 bits per heavy atom. The van der Waals surface area contributed by atoms with Crippen LogP contribution in [0.5, 0.6) is 0 Å². The van der Waals surface area contributed by atoms with Gasteiger partial charge in [-0.2, -0.15) is 11.8 Å². The molecule has 0 amide bonds. The number of rotatable bonds is 5. The van der Waals surface area contributed by atoms with E-state index < -0.39 is 12.0 Å². The zero-order valence-corrected chi connectivity index (χ0v) is 10.1. The highest BCUT2D eigenvalue weighted by Gasteiger charge is 2.25. The van der Waals surface area contributed by atoms with Gasteiger partial charge in [0.05, 0.1) is 0 Å². The zero-order chi connectivity index (χ0) is 11.3. The molecule has 0 saturated heterocycles. The van der Waals surface area contributed by atoms with Crippen LogP contribution in [0.1, 0.15) is 39.0 Å². The summed E-state index contributed by atoms with van der Waals surface area (Å²) in [5, 5.41) is 9.33. The van der Waals surface area contributed by atoms with E-state index in [2.05, 4.69) is 6.92 Å². The second kappa shape index (κ2) is 6.38. The van der Waals surface area contributed by atoms with Crippen LogP contribution in [0.4, 0.5) is 0 Å². The number of carbonyl (C=O) groups is 1. The maximum absolute atomic E-state index is 10.6. The number of thioether (sulfide) groups is 1. The van der Waals surface area contributed by atoms with Crippen molar-refractivity contribution in [2.24, 2.45) is 11.7 Å². The van der Waals surface area contributed by atoms with Crippen LogP contribution in [0.15, 0.2) is 0 Å². The van der Waals surface area contributed by atoms with Crippen LogP contribution in [-0.4, -0.2) is 28.1 Å². The van der Waals surface area contributed by atoms with Crippen LogP contribution in [-0.2, 0) is 4.79 Å². The predicted molar refractivity (Wildman–Crippen MR) is 64.1 cm³/mol. The second-order valence-corrected chi connectivity index (χ2v) is 5.54. The van der Waals surface area contributed by atoms with Crippen molar-refractivity contribution in [1.82, 2.24) is 0 Å². The summed E-state index contributed by atoms with van der Waals surface area (Å²) in [6.45, 7) is 2.22. The smallest absolute Gasteiger partial charge is 0.321 e. The molecule has 0 spiro atoms. The van der Waals surface area contributed by atoms with E-state index in [-0.39, 0.29) is 0 Å². The number of carboxylic acids is 1. The maximum Gasteiger partial charge on any atom is 0.321 e. The normalized spacial score (nSPS) is 28.7. The number of nitrogens with two attached hydrogens (primary N) is 1. The molecule has 1 rings (SSSR count). The van der Waals surface area contributed by atoms with Gasteiger partial charge in [0.1, 0.15) is 6.04 Å². The lowest BCUT2D eigenvalue weighted by molar-refractivity contribution is -0.137. The summed E-state index contributed by atoms with van der Waals surface area (Å²) >= 11 is 1.76. The fraction of sp³-hybridized carbons (Fsp3) is 0.909. The third-order valence-corrected chi connectivity index (χ3v) is 4.77. The Balaban J connectivity index is 2.32. The van der Waals surface area contributed by atoms with Gasteiger partial charge in [-0.1, -0.05) is 26.2 Å². The number of hydrogen-bond acceptors (Lipinski definition) is 3. The topological polar surface area (TPSA) is 63.3 Å².